The van der Waals surface area contributed by atoms with Gasteiger partial charge in [0.2, 0.25) is 0 Å². The Balaban J connectivity index is 1.91. The Morgan fingerprint density at radius 2 is 1.81 bits per heavy atom. The molecule has 0 spiro atoms. The summed E-state index contributed by atoms with van der Waals surface area (Å²) in [5.41, 5.74) is 3.94. The number of nitrogens with zero attached hydrogens (tertiary/aromatic N) is 1. The summed E-state index contributed by atoms with van der Waals surface area (Å²) in [7, 11) is 3.25. The lowest BCUT2D eigenvalue weighted by Crippen LogP contribution is -1.93. The normalized spacial score (nSPS) is 10.8. The van der Waals surface area contributed by atoms with E-state index in [0.29, 0.717) is 18.1 Å². The number of hydrogen-bond donors (Lipinski definition) is 0. The maximum Gasteiger partial charge on any atom is 0.199 e. The molecule has 0 atom stereocenters. The van der Waals surface area contributed by atoms with E-state index in [1.165, 1.54) is 0 Å². The minimum absolute atomic E-state index is 0.619. The standard InChI is InChI=1S/C17H17NO3/c1-11-4-6-13-15(8-11)21-17(18-13)10-12-5-7-14(19-2)16(9-12)20-3/h4-9H,10H2,1-3H3. The van der Waals surface area contributed by atoms with E-state index in [1.54, 1.807) is 14.2 Å². The van der Waals surface area contributed by atoms with E-state index >= 15 is 0 Å². The first-order chi connectivity index (χ1) is 10.2. The van der Waals surface area contributed by atoms with Gasteiger partial charge in [-0.25, -0.2) is 4.98 Å². The fraction of sp³-hybridized carbons (Fsp3) is 0.235. The van der Waals surface area contributed by atoms with Gasteiger partial charge in [-0.3, -0.25) is 0 Å². The largest absolute Gasteiger partial charge is 0.493 e. The summed E-state index contributed by atoms with van der Waals surface area (Å²) < 4.78 is 16.4. The molecule has 0 saturated heterocycles. The molecule has 21 heavy (non-hydrogen) atoms. The zero-order chi connectivity index (χ0) is 14.8. The zero-order valence-corrected chi connectivity index (χ0v) is 12.3. The van der Waals surface area contributed by atoms with Gasteiger partial charge in [-0.2, -0.15) is 0 Å². The molecule has 0 amide bonds. The van der Waals surface area contributed by atoms with E-state index < -0.39 is 0 Å². The highest BCUT2D eigenvalue weighted by Crippen LogP contribution is 2.28. The van der Waals surface area contributed by atoms with Crippen molar-refractivity contribution in [2.75, 3.05) is 14.2 Å². The average molecular weight is 283 g/mol. The van der Waals surface area contributed by atoms with Gasteiger partial charge in [0.1, 0.15) is 5.52 Å². The van der Waals surface area contributed by atoms with Gasteiger partial charge in [0.05, 0.1) is 14.2 Å². The second kappa shape index (κ2) is 5.48. The maximum atomic E-state index is 5.80. The van der Waals surface area contributed by atoms with Crippen molar-refractivity contribution in [3.05, 3.63) is 53.4 Å². The molecular formula is C17H17NO3. The van der Waals surface area contributed by atoms with Gasteiger partial charge >= 0.3 is 0 Å². The summed E-state index contributed by atoms with van der Waals surface area (Å²) in [6.45, 7) is 2.04. The highest BCUT2D eigenvalue weighted by molar-refractivity contribution is 5.73. The molecule has 3 rings (SSSR count). The summed E-state index contributed by atoms with van der Waals surface area (Å²) in [5, 5.41) is 0. The monoisotopic (exact) mass is 283 g/mol. The van der Waals surface area contributed by atoms with Gasteiger partial charge in [-0.05, 0) is 42.3 Å². The average Bonchev–Trinajstić information content (AvgIpc) is 2.88. The second-order valence-corrected chi connectivity index (χ2v) is 4.94. The number of methoxy groups -OCH3 is 2. The predicted molar refractivity (Wildman–Crippen MR) is 81.1 cm³/mol. The number of rotatable bonds is 4. The van der Waals surface area contributed by atoms with Gasteiger partial charge in [0, 0.05) is 6.42 Å². The van der Waals surface area contributed by atoms with Crippen LogP contribution in [0.4, 0.5) is 0 Å². The lowest BCUT2D eigenvalue weighted by Gasteiger charge is -2.08. The summed E-state index contributed by atoms with van der Waals surface area (Å²) >= 11 is 0. The minimum Gasteiger partial charge on any atom is -0.493 e. The van der Waals surface area contributed by atoms with Crippen molar-refractivity contribution in [2.45, 2.75) is 13.3 Å². The molecule has 0 aliphatic rings. The molecule has 0 aliphatic heterocycles. The Hall–Kier alpha value is -2.49. The van der Waals surface area contributed by atoms with Gasteiger partial charge in [-0.1, -0.05) is 12.1 Å². The van der Waals surface area contributed by atoms with E-state index in [1.807, 2.05) is 43.3 Å². The molecule has 4 heteroatoms. The van der Waals surface area contributed by atoms with E-state index in [2.05, 4.69) is 4.98 Å². The van der Waals surface area contributed by atoms with Gasteiger partial charge in [0.25, 0.3) is 0 Å². The van der Waals surface area contributed by atoms with E-state index in [0.717, 1.165) is 28.0 Å². The summed E-state index contributed by atoms with van der Waals surface area (Å²) in [6, 6.07) is 11.8. The Bertz CT molecular complexity index is 777. The van der Waals surface area contributed by atoms with Crippen LogP contribution in [0.5, 0.6) is 11.5 Å². The van der Waals surface area contributed by atoms with Crippen LogP contribution < -0.4 is 9.47 Å². The number of benzene rings is 2. The Morgan fingerprint density at radius 1 is 1.00 bits per heavy atom. The molecule has 0 unspecified atom stereocenters. The smallest absolute Gasteiger partial charge is 0.199 e. The first-order valence-electron chi connectivity index (χ1n) is 6.76. The van der Waals surface area contributed by atoms with Crippen molar-refractivity contribution in [2.24, 2.45) is 0 Å². The minimum atomic E-state index is 0.619. The number of fused-ring (bicyclic) bond motifs is 1. The molecule has 0 radical (unpaired) electrons. The Morgan fingerprint density at radius 3 is 2.57 bits per heavy atom. The van der Waals surface area contributed by atoms with Crippen LogP contribution in [0, 0.1) is 6.92 Å². The molecule has 2 aromatic carbocycles. The Kier molecular flexibility index (Phi) is 3.52. The molecule has 0 saturated carbocycles. The van der Waals surface area contributed by atoms with Crippen LogP contribution in [-0.2, 0) is 6.42 Å². The van der Waals surface area contributed by atoms with Crippen molar-refractivity contribution in [3.8, 4) is 11.5 Å². The summed E-state index contributed by atoms with van der Waals surface area (Å²) in [5.74, 6) is 2.12. The van der Waals surface area contributed by atoms with Crippen LogP contribution in [0.25, 0.3) is 11.1 Å². The third-order valence-corrected chi connectivity index (χ3v) is 3.39. The molecule has 0 fully saturated rings. The van der Waals surface area contributed by atoms with E-state index in [9.17, 15) is 0 Å². The predicted octanol–water partition coefficient (Wildman–Crippen LogP) is 3.74. The first-order valence-corrected chi connectivity index (χ1v) is 6.76. The number of ether oxygens (including phenoxy) is 2. The molecule has 108 valence electrons. The van der Waals surface area contributed by atoms with Crippen LogP contribution >= 0.6 is 0 Å². The summed E-state index contributed by atoms with van der Waals surface area (Å²) in [6.07, 6.45) is 0.619. The number of aromatic nitrogens is 1. The lowest BCUT2D eigenvalue weighted by molar-refractivity contribution is 0.354. The fourth-order valence-corrected chi connectivity index (χ4v) is 2.32. The van der Waals surface area contributed by atoms with Crippen LogP contribution in [0.2, 0.25) is 0 Å². The fourth-order valence-electron chi connectivity index (χ4n) is 2.32. The quantitative estimate of drug-likeness (QED) is 0.731. The first kappa shape index (κ1) is 13.5. The maximum absolute atomic E-state index is 5.80. The molecule has 0 bridgehead atoms. The van der Waals surface area contributed by atoms with Crippen molar-refractivity contribution in [1.29, 1.82) is 0 Å². The van der Waals surface area contributed by atoms with E-state index in [-0.39, 0.29) is 0 Å². The van der Waals surface area contributed by atoms with Crippen LogP contribution in [-0.4, -0.2) is 19.2 Å². The molecule has 1 heterocycles. The zero-order valence-electron chi connectivity index (χ0n) is 12.3. The topological polar surface area (TPSA) is 44.5 Å². The molecule has 4 nitrogen and oxygen atoms in total. The number of aryl methyl sites for hydroxylation is 1. The molecule has 1 aromatic heterocycles. The number of hydrogen-bond acceptors (Lipinski definition) is 4. The molecule has 0 aliphatic carbocycles. The van der Waals surface area contributed by atoms with Crippen LogP contribution in [0.1, 0.15) is 17.0 Å². The molecule has 0 N–H and O–H groups in total. The lowest BCUT2D eigenvalue weighted by atomic mass is 10.1. The summed E-state index contributed by atoms with van der Waals surface area (Å²) in [4.78, 5) is 4.51. The number of oxazole rings is 1. The van der Waals surface area contributed by atoms with Crippen molar-refractivity contribution in [1.82, 2.24) is 4.98 Å². The second-order valence-electron chi connectivity index (χ2n) is 4.94. The van der Waals surface area contributed by atoms with Crippen molar-refractivity contribution < 1.29 is 13.9 Å². The van der Waals surface area contributed by atoms with Gasteiger partial charge in [0.15, 0.2) is 23.0 Å². The van der Waals surface area contributed by atoms with Crippen molar-refractivity contribution >= 4 is 11.1 Å². The van der Waals surface area contributed by atoms with Crippen LogP contribution in [0.15, 0.2) is 40.8 Å². The molecular weight excluding hydrogens is 266 g/mol. The van der Waals surface area contributed by atoms with Crippen molar-refractivity contribution in [3.63, 3.8) is 0 Å². The molecule has 3 aromatic rings. The van der Waals surface area contributed by atoms with E-state index in [4.69, 9.17) is 13.9 Å². The third kappa shape index (κ3) is 2.70. The highest BCUT2D eigenvalue weighted by Gasteiger charge is 2.09. The van der Waals surface area contributed by atoms with Gasteiger partial charge < -0.3 is 13.9 Å². The SMILES string of the molecule is COc1ccc(Cc2nc3ccc(C)cc3o2)cc1OC. The Labute approximate surface area is 123 Å². The van der Waals surface area contributed by atoms with Gasteiger partial charge in [-0.15, -0.1) is 0 Å². The highest BCUT2D eigenvalue weighted by atomic mass is 16.5. The van der Waals surface area contributed by atoms with Crippen LogP contribution in [0.3, 0.4) is 0 Å². The third-order valence-electron chi connectivity index (χ3n) is 3.39.